The Balaban J connectivity index is 1.85. The number of carbonyl (C=O) groups excluding carboxylic acids is 3. The molecule has 2 heterocycles. The summed E-state index contributed by atoms with van der Waals surface area (Å²) in [6.07, 6.45) is 0. The van der Waals surface area contributed by atoms with E-state index in [2.05, 4.69) is 5.10 Å². The van der Waals surface area contributed by atoms with Crippen LogP contribution >= 0.6 is 0 Å². The number of carbonyl (C=O) groups is 3. The Labute approximate surface area is 172 Å². The number of para-hydroxylation sites is 4. The number of hydrogen-bond donors (Lipinski definition) is 0. The minimum atomic E-state index is -1.11. The summed E-state index contributed by atoms with van der Waals surface area (Å²) in [5.41, 5.74) is 0.620. The Morgan fingerprint density at radius 1 is 0.867 bits per heavy atom. The molecule has 0 N–H and O–H groups in total. The van der Waals surface area contributed by atoms with E-state index in [9.17, 15) is 14.4 Å². The standard InChI is InChI=1S/C21H19N3O6/c1-28-14-10-6-4-8-12(14)23-19(25)16-17(21(27)30-3)22-24(18(16)20(23)26)13-9-5-7-11-15(13)29-2/h4-11,16,18H,1-3H3/t16-,18-/m1/s1. The summed E-state index contributed by atoms with van der Waals surface area (Å²) >= 11 is 0. The van der Waals surface area contributed by atoms with Crippen molar-refractivity contribution in [3.05, 3.63) is 48.5 Å². The van der Waals surface area contributed by atoms with Crippen molar-refractivity contribution in [1.29, 1.82) is 0 Å². The predicted octanol–water partition coefficient (Wildman–Crippen LogP) is 1.61. The van der Waals surface area contributed by atoms with Crippen LogP contribution in [0.15, 0.2) is 53.6 Å². The van der Waals surface area contributed by atoms with Crippen molar-refractivity contribution >= 4 is 34.9 Å². The van der Waals surface area contributed by atoms with Gasteiger partial charge in [-0.2, -0.15) is 5.10 Å². The van der Waals surface area contributed by atoms with Crippen LogP contribution in [0.3, 0.4) is 0 Å². The zero-order valence-corrected chi connectivity index (χ0v) is 16.6. The number of rotatable bonds is 5. The van der Waals surface area contributed by atoms with Gasteiger partial charge in [0.15, 0.2) is 5.71 Å². The molecule has 2 aromatic carbocycles. The van der Waals surface area contributed by atoms with Crippen molar-refractivity contribution in [3.63, 3.8) is 0 Å². The Morgan fingerprint density at radius 3 is 2.03 bits per heavy atom. The van der Waals surface area contributed by atoms with Crippen molar-refractivity contribution in [2.24, 2.45) is 11.0 Å². The fraction of sp³-hybridized carbons (Fsp3) is 0.238. The molecule has 2 aromatic rings. The molecule has 1 fully saturated rings. The maximum atomic E-state index is 13.4. The van der Waals surface area contributed by atoms with E-state index < -0.39 is 29.7 Å². The van der Waals surface area contributed by atoms with Gasteiger partial charge in [0.1, 0.15) is 29.1 Å². The van der Waals surface area contributed by atoms with Crippen molar-refractivity contribution in [3.8, 4) is 11.5 Å². The van der Waals surface area contributed by atoms with E-state index in [1.165, 1.54) is 26.3 Å². The third-order valence-electron chi connectivity index (χ3n) is 5.10. The number of amides is 2. The first-order valence-corrected chi connectivity index (χ1v) is 9.13. The molecule has 9 heteroatoms. The fourth-order valence-corrected chi connectivity index (χ4v) is 3.76. The lowest BCUT2D eigenvalue weighted by atomic mass is 9.97. The van der Waals surface area contributed by atoms with Gasteiger partial charge in [-0.3, -0.25) is 9.59 Å². The first-order chi connectivity index (χ1) is 14.5. The van der Waals surface area contributed by atoms with Crippen molar-refractivity contribution in [2.45, 2.75) is 6.04 Å². The second kappa shape index (κ2) is 7.51. The van der Waals surface area contributed by atoms with Crippen LogP contribution in [0, 0.1) is 5.92 Å². The van der Waals surface area contributed by atoms with Gasteiger partial charge in [0.05, 0.1) is 27.0 Å². The molecule has 0 aromatic heterocycles. The van der Waals surface area contributed by atoms with Gasteiger partial charge in [-0.05, 0) is 24.3 Å². The van der Waals surface area contributed by atoms with Crippen LogP contribution in [0.2, 0.25) is 0 Å². The van der Waals surface area contributed by atoms with E-state index in [1.54, 1.807) is 48.5 Å². The molecule has 9 nitrogen and oxygen atoms in total. The maximum absolute atomic E-state index is 13.4. The largest absolute Gasteiger partial charge is 0.495 e. The van der Waals surface area contributed by atoms with Gasteiger partial charge in [-0.25, -0.2) is 14.7 Å². The van der Waals surface area contributed by atoms with Crippen LogP contribution in [0.25, 0.3) is 0 Å². The highest BCUT2D eigenvalue weighted by Crippen LogP contribution is 2.42. The number of esters is 1. The SMILES string of the molecule is COC(=O)C1=NN(c2ccccc2OC)[C@H]2C(=O)N(c3ccccc3OC)C(=O)[C@H]12. The molecule has 1 saturated heterocycles. The van der Waals surface area contributed by atoms with Crippen LogP contribution in [-0.4, -0.2) is 50.9 Å². The van der Waals surface area contributed by atoms with Crippen molar-refractivity contribution < 1.29 is 28.6 Å². The summed E-state index contributed by atoms with van der Waals surface area (Å²) in [6, 6.07) is 12.6. The molecule has 2 amide bonds. The Hall–Kier alpha value is -3.88. The van der Waals surface area contributed by atoms with E-state index in [1.807, 2.05) is 0 Å². The topological polar surface area (TPSA) is 97.7 Å². The Kier molecular flexibility index (Phi) is 4.86. The molecule has 154 valence electrons. The molecule has 0 unspecified atom stereocenters. The fourth-order valence-electron chi connectivity index (χ4n) is 3.76. The van der Waals surface area contributed by atoms with E-state index in [-0.39, 0.29) is 5.71 Å². The first-order valence-electron chi connectivity index (χ1n) is 9.13. The molecule has 0 saturated carbocycles. The third-order valence-corrected chi connectivity index (χ3v) is 5.10. The molecule has 0 aliphatic carbocycles. The lowest BCUT2D eigenvalue weighted by molar-refractivity contribution is -0.133. The molecular formula is C21H19N3O6. The lowest BCUT2D eigenvalue weighted by Crippen LogP contribution is -2.39. The highest BCUT2D eigenvalue weighted by molar-refractivity contribution is 6.47. The third kappa shape index (κ3) is 2.78. The predicted molar refractivity (Wildman–Crippen MR) is 108 cm³/mol. The quantitative estimate of drug-likeness (QED) is 0.547. The zero-order chi connectivity index (χ0) is 21.4. The zero-order valence-electron chi connectivity index (χ0n) is 16.6. The molecule has 4 rings (SSSR count). The Morgan fingerprint density at radius 2 is 1.43 bits per heavy atom. The summed E-state index contributed by atoms with van der Waals surface area (Å²) < 4.78 is 15.5. The number of ether oxygens (including phenoxy) is 3. The second-order valence-electron chi connectivity index (χ2n) is 6.60. The smallest absolute Gasteiger partial charge is 0.355 e. The molecule has 0 bridgehead atoms. The van der Waals surface area contributed by atoms with Crippen LogP contribution in [0.1, 0.15) is 0 Å². The number of anilines is 2. The number of hydrogen-bond acceptors (Lipinski definition) is 8. The molecule has 0 radical (unpaired) electrons. The van der Waals surface area contributed by atoms with Gasteiger partial charge in [0.25, 0.3) is 5.91 Å². The lowest BCUT2D eigenvalue weighted by Gasteiger charge is -2.24. The maximum Gasteiger partial charge on any atom is 0.355 e. The summed E-state index contributed by atoms with van der Waals surface area (Å²) in [7, 11) is 4.14. The summed E-state index contributed by atoms with van der Waals surface area (Å²) in [5, 5.41) is 5.64. The first kappa shape index (κ1) is 19.4. The highest BCUT2D eigenvalue weighted by atomic mass is 16.5. The number of imide groups is 1. The second-order valence-corrected chi connectivity index (χ2v) is 6.60. The molecule has 2 aliphatic heterocycles. The summed E-state index contributed by atoms with van der Waals surface area (Å²) in [4.78, 5) is 40.2. The van der Waals surface area contributed by atoms with Crippen LogP contribution in [0.4, 0.5) is 11.4 Å². The minimum absolute atomic E-state index is 0.135. The molecule has 2 aliphatic rings. The normalized spacial score (nSPS) is 20.2. The van der Waals surface area contributed by atoms with Crippen molar-refractivity contribution in [2.75, 3.05) is 31.2 Å². The number of fused-ring (bicyclic) bond motifs is 1. The van der Waals surface area contributed by atoms with E-state index in [0.29, 0.717) is 22.9 Å². The van der Waals surface area contributed by atoms with Gasteiger partial charge in [-0.15, -0.1) is 0 Å². The molecular weight excluding hydrogens is 390 g/mol. The van der Waals surface area contributed by atoms with E-state index >= 15 is 0 Å². The molecule has 2 atom stereocenters. The number of nitrogens with zero attached hydrogens (tertiary/aromatic N) is 3. The minimum Gasteiger partial charge on any atom is -0.495 e. The average Bonchev–Trinajstić information content (AvgIpc) is 3.30. The van der Waals surface area contributed by atoms with Crippen molar-refractivity contribution in [1.82, 2.24) is 0 Å². The van der Waals surface area contributed by atoms with Gasteiger partial charge < -0.3 is 14.2 Å². The number of hydrazone groups is 1. The van der Waals surface area contributed by atoms with Gasteiger partial charge in [-0.1, -0.05) is 24.3 Å². The van der Waals surface area contributed by atoms with Crippen LogP contribution in [0.5, 0.6) is 11.5 Å². The summed E-state index contributed by atoms with van der Waals surface area (Å²) in [5.74, 6) is -2.18. The monoisotopic (exact) mass is 409 g/mol. The molecule has 30 heavy (non-hydrogen) atoms. The van der Waals surface area contributed by atoms with Crippen LogP contribution < -0.4 is 19.4 Å². The highest BCUT2D eigenvalue weighted by Gasteiger charge is 2.59. The van der Waals surface area contributed by atoms with E-state index in [0.717, 1.165) is 4.90 Å². The number of methoxy groups -OCH3 is 3. The van der Waals surface area contributed by atoms with E-state index in [4.69, 9.17) is 14.2 Å². The average molecular weight is 409 g/mol. The Bertz CT molecular complexity index is 1070. The molecule has 0 spiro atoms. The summed E-state index contributed by atoms with van der Waals surface area (Å²) in [6.45, 7) is 0. The number of benzene rings is 2. The van der Waals surface area contributed by atoms with Gasteiger partial charge in [0, 0.05) is 0 Å². The van der Waals surface area contributed by atoms with Crippen LogP contribution in [-0.2, 0) is 19.1 Å². The van der Waals surface area contributed by atoms with Gasteiger partial charge in [0.2, 0.25) is 5.91 Å². The van der Waals surface area contributed by atoms with Gasteiger partial charge >= 0.3 is 5.97 Å².